The molecule has 1 unspecified atom stereocenters. The van der Waals surface area contributed by atoms with Gasteiger partial charge in [-0.05, 0) is 19.9 Å². The summed E-state index contributed by atoms with van der Waals surface area (Å²) in [6, 6.07) is 1.87. The van der Waals surface area contributed by atoms with Gasteiger partial charge in [0.1, 0.15) is 0 Å². The van der Waals surface area contributed by atoms with Gasteiger partial charge in [0.15, 0.2) is 9.84 Å². The van der Waals surface area contributed by atoms with Gasteiger partial charge in [0, 0.05) is 12.2 Å². The molecule has 1 aromatic heterocycles. The topological polar surface area (TPSA) is 78.3 Å². The van der Waals surface area contributed by atoms with E-state index in [2.05, 4.69) is 9.84 Å². The molecule has 1 heterocycles. The highest BCUT2D eigenvalue weighted by molar-refractivity contribution is 7.90. The summed E-state index contributed by atoms with van der Waals surface area (Å²) < 4.78 is 30.1. The molecule has 108 valence electrons. The lowest BCUT2D eigenvalue weighted by Gasteiger charge is -2.09. The molecule has 0 radical (unpaired) electrons. The second-order valence-electron chi connectivity index (χ2n) is 4.86. The van der Waals surface area contributed by atoms with Crippen molar-refractivity contribution in [2.75, 3.05) is 12.9 Å². The van der Waals surface area contributed by atoms with E-state index < -0.39 is 21.7 Å². The number of hydrogen-bond donors (Lipinski definition) is 0. The smallest absolute Gasteiger partial charge is 0.309 e. The van der Waals surface area contributed by atoms with Gasteiger partial charge in [-0.1, -0.05) is 6.92 Å². The molecular weight excluding hydrogens is 268 g/mol. The van der Waals surface area contributed by atoms with E-state index in [1.54, 1.807) is 16.9 Å². The third-order valence-corrected chi connectivity index (χ3v) is 4.41. The molecule has 19 heavy (non-hydrogen) atoms. The van der Waals surface area contributed by atoms with Gasteiger partial charge in [0.25, 0.3) is 0 Å². The molecule has 1 atom stereocenters. The standard InChI is InChI=1S/C12H20N2O4S/c1-9(2)14-6-5-11(13-14)8-19(16,17)7-10(3)12(15)18-4/h5-6,9-10H,7-8H2,1-4H3. The molecule has 0 aliphatic heterocycles. The van der Waals surface area contributed by atoms with E-state index >= 15 is 0 Å². The van der Waals surface area contributed by atoms with E-state index in [9.17, 15) is 13.2 Å². The van der Waals surface area contributed by atoms with E-state index in [0.29, 0.717) is 5.69 Å². The van der Waals surface area contributed by atoms with E-state index in [1.165, 1.54) is 14.0 Å². The number of rotatable bonds is 6. The molecule has 0 fully saturated rings. The summed E-state index contributed by atoms with van der Waals surface area (Å²) >= 11 is 0. The van der Waals surface area contributed by atoms with Crippen molar-refractivity contribution in [3.05, 3.63) is 18.0 Å². The lowest BCUT2D eigenvalue weighted by atomic mass is 10.2. The van der Waals surface area contributed by atoms with Crippen molar-refractivity contribution in [3.63, 3.8) is 0 Å². The first-order chi connectivity index (χ1) is 8.75. The van der Waals surface area contributed by atoms with Crippen LogP contribution in [-0.2, 0) is 25.1 Å². The molecule has 0 aliphatic rings. The highest BCUT2D eigenvalue weighted by atomic mass is 32.2. The summed E-state index contributed by atoms with van der Waals surface area (Å²) in [6.45, 7) is 5.46. The monoisotopic (exact) mass is 288 g/mol. The van der Waals surface area contributed by atoms with Gasteiger partial charge in [0.2, 0.25) is 0 Å². The molecule has 0 aliphatic carbocycles. The Kier molecular flexibility index (Phi) is 5.11. The van der Waals surface area contributed by atoms with Crippen LogP contribution in [0.1, 0.15) is 32.5 Å². The number of aromatic nitrogens is 2. The quantitative estimate of drug-likeness (QED) is 0.735. The zero-order valence-electron chi connectivity index (χ0n) is 11.7. The molecule has 7 heteroatoms. The Bertz CT molecular complexity index is 534. The zero-order chi connectivity index (χ0) is 14.6. The fraction of sp³-hybridized carbons (Fsp3) is 0.667. The van der Waals surface area contributed by atoms with Crippen molar-refractivity contribution in [2.45, 2.75) is 32.6 Å². The van der Waals surface area contributed by atoms with Gasteiger partial charge < -0.3 is 4.74 Å². The summed E-state index contributed by atoms with van der Waals surface area (Å²) in [7, 11) is -2.13. The highest BCUT2D eigenvalue weighted by Gasteiger charge is 2.23. The van der Waals surface area contributed by atoms with Gasteiger partial charge in [0.05, 0.1) is 30.2 Å². The first kappa shape index (κ1) is 15.7. The number of ether oxygens (including phenoxy) is 1. The maximum absolute atomic E-state index is 12.0. The maximum Gasteiger partial charge on any atom is 0.309 e. The minimum absolute atomic E-state index is 0.159. The minimum Gasteiger partial charge on any atom is -0.469 e. The van der Waals surface area contributed by atoms with Gasteiger partial charge >= 0.3 is 5.97 Å². The van der Waals surface area contributed by atoms with Crippen molar-refractivity contribution in [1.29, 1.82) is 0 Å². The lowest BCUT2D eigenvalue weighted by Crippen LogP contribution is -2.23. The number of methoxy groups -OCH3 is 1. The van der Waals surface area contributed by atoms with Gasteiger partial charge in [-0.3, -0.25) is 9.48 Å². The highest BCUT2D eigenvalue weighted by Crippen LogP contribution is 2.11. The van der Waals surface area contributed by atoms with Crippen LogP contribution in [0.3, 0.4) is 0 Å². The second-order valence-corrected chi connectivity index (χ2v) is 6.97. The molecule has 0 amide bonds. The van der Waals surface area contributed by atoms with Crippen molar-refractivity contribution in [3.8, 4) is 0 Å². The maximum atomic E-state index is 12.0. The average Bonchev–Trinajstić information content (AvgIpc) is 2.74. The summed E-state index contributed by atoms with van der Waals surface area (Å²) in [5, 5.41) is 4.19. The van der Waals surface area contributed by atoms with Crippen LogP contribution in [-0.4, -0.2) is 37.0 Å². The predicted octanol–water partition coefficient (Wildman–Crippen LogP) is 1.19. The molecule has 1 aromatic rings. The summed E-state index contributed by atoms with van der Waals surface area (Å²) in [5.41, 5.74) is 0.491. The Labute approximate surface area is 113 Å². The van der Waals surface area contributed by atoms with E-state index in [1.807, 2.05) is 13.8 Å². The van der Waals surface area contributed by atoms with Crippen LogP contribution < -0.4 is 0 Å². The Hall–Kier alpha value is -1.37. The summed E-state index contributed by atoms with van der Waals surface area (Å²) in [6.07, 6.45) is 1.75. The average molecular weight is 288 g/mol. The Morgan fingerprint density at radius 3 is 2.53 bits per heavy atom. The number of hydrogen-bond acceptors (Lipinski definition) is 5. The molecule has 0 bridgehead atoms. The van der Waals surface area contributed by atoms with E-state index in [4.69, 9.17) is 0 Å². The van der Waals surface area contributed by atoms with Crippen molar-refractivity contribution < 1.29 is 17.9 Å². The van der Waals surface area contributed by atoms with Gasteiger partial charge in [-0.25, -0.2) is 8.42 Å². The summed E-state index contributed by atoms with van der Waals surface area (Å²) in [5.74, 6) is -1.57. The first-order valence-electron chi connectivity index (χ1n) is 6.07. The Balaban J connectivity index is 2.71. The molecule has 0 aromatic carbocycles. The Morgan fingerprint density at radius 1 is 1.42 bits per heavy atom. The van der Waals surface area contributed by atoms with Crippen molar-refractivity contribution in [2.24, 2.45) is 5.92 Å². The van der Waals surface area contributed by atoms with Crippen LogP contribution in [0.2, 0.25) is 0 Å². The lowest BCUT2D eigenvalue weighted by molar-refractivity contribution is -0.144. The van der Waals surface area contributed by atoms with Crippen LogP contribution in [0.15, 0.2) is 12.3 Å². The Morgan fingerprint density at radius 2 is 2.05 bits per heavy atom. The van der Waals surface area contributed by atoms with Crippen LogP contribution in [0.4, 0.5) is 0 Å². The van der Waals surface area contributed by atoms with Gasteiger partial charge in [-0.2, -0.15) is 5.10 Å². The van der Waals surface area contributed by atoms with Gasteiger partial charge in [-0.15, -0.1) is 0 Å². The van der Waals surface area contributed by atoms with Crippen molar-refractivity contribution >= 4 is 15.8 Å². The van der Waals surface area contributed by atoms with Crippen LogP contribution in [0.25, 0.3) is 0 Å². The number of sulfone groups is 1. The molecule has 0 N–H and O–H groups in total. The normalized spacial score (nSPS) is 13.5. The number of carbonyl (C=O) groups excluding carboxylic acids is 1. The molecule has 0 saturated heterocycles. The fourth-order valence-corrected chi connectivity index (χ4v) is 3.30. The predicted molar refractivity (Wildman–Crippen MR) is 71.3 cm³/mol. The largest absolute Gasteiger partial charge is 0.469 e. The molecule has 0 spiro atoms. The SMILES string of the molecule is COC(=O)C(C)CS(=O)(=O)Cc1ccn(C(C)C)n1. The van der Waals surface area contributed by atoms with Crippen LogP contribution in [0.5, 0.6) is 0 Å². The second kappa shape index (κ2) is 6.18. The van der Waals surface area contributed by atoms with Crippen LogP contribution in [0, 0.1) is 5.92 Å². The van der Waals surface area contributed by atoms with Crippen molar-refractivity contribution in [1.82, 2.24) is 9.78 Å². The number of nitrogens with zero attached hydrogens (tertiary/aromatic N) is 2. The van der Waals surface area contributed by atoms with E-state index in [0.717, 1.165) is 0 Å². The first-order valence-corrected chi connectivity index (χ1v) is 7.89. The third kappa shape index (κ3) is 4.66. The minimum atomic E-state index is -3.38. The zero-order valence-corrected chi connectivity index (χ0v) is 12.5. The molecule has 6 nitrogen and oxygen atoms in total. The van der Waals surface area contributed by atoms with Crippen LogP contribution >= 0.6 is 0 Å². The molecular formula is C12H20N2O4S. The molecule has 0 saturated carbocycles. The summed E-state index contributed by atoms with van der Waals surface area (Å²) in [4.78, 5) is 11.2. The van der Waals surface area contributed by atoms with E-state index in [-0.39, 0.29) is 17.5 Å². The fourth-order valence-electron chi connectivity index (χ4n) is 1.68. The third-order valence-electron chi connectivity index (χ3n) is 2.67. The number of carbonyl (C=O) groups is 1. The number of esters is 1. The molecule has 1 rings (SSSR count).